The third kappa shape index (κ3) is 4.09. The molecule has 1 amide bonds. The van der Waals surface area contributed by atoms with Crippen molar-refractivity contribution in [2.24, 2.45) is 5.73 Å². The van der Waals surface area contributed by atoms with E-state index in [4.69, 9.17) is 5.73 Å². The van der Waals surface area contributed by atoms with Crippen LogP contribution in [0.25, 0.3) is 0 Å². The first kappa shape index (κ1) is 15.1. The molecular weight excluding hydrogens is 332 g/mol. The molecule has 5 heteroatoms. The fraction of sp³-hybridized carbons (Fsp3) is 0.0625. The number of nitrogens with one attached hydrogen (secondary N) is 1. The largest absolute Gasteiger partial charge is 0.507 e. The number of anilines is 1. The van der Waals surface area contributed by atoms with Gasteiger partial charge in [-0.3, -0.25) is 4.79 Å². The molecule has 2 aromatic rings. The molecule has 0 spiro atoms. The minimum atomic E-state index is -0.391. The van der Waals surface area contributed by atoms with Gasteiger partial charge in [0.05, 0.1) is 12.1 Å². The van der Waals surface area contributed by atoms with E-state index >= 15 is 0 Å². The zero-order valence-electron chi connectivity index (χ0n) is 11.1. The Balaban J connectivity index is 2.21. The third-order valence-corrected chi connectivity index (χ3v) is 3.15. The number of benzene rings is 2. The van der Waals surface area contributed by atoms with Crippen molar-refractivity contribution >= 4 is 27.5 Å². The summed E-state index contributed by atoms with van der Waals surface area (Å²) in [6, 6.07) is 11.8. The fourth-order valence-corrected chi connectivity index (χ4v) is 2.08. The van der Waals surface area contributed by atoms with Crippen molar-refractivity contribution in [1.29, 1.82) is 0 Å². The van der Waals surface area contributed by atoms with Crippen LogP contribution in [0.2, 0.25) is 0 Å². The average molecular weight is 345 g/mol. The molecule has 0 radical (unpaired) electrons. The maximum Gasteiger partial charge on any atom is 0.259 e. The third-order valence-electron chi connectivity index (χ3n) is 2.66. The van der Waals surface area contributed by atoms with Crippen LogP contribution < -0.4 is 11.1 Å². The molecule has 4 N–H and O–H groups in total. The van der Waals surface area contributed by atoms with Crippen LogP contribution in [0, 0.1) is 11.8 Å². The quantitative estimate of drug-likeness (QED) is 0.733. The van der Waals surface area contributed by atoms with Crippen LogP contribution in [0.3, 0.4) is 0 Å². The number of amides is 1. The van der Waals surface area contributed by atoms with Crippen LogP contribution in [0.5, 0.6) is 5.75 Å². The fourth-order valence-electron chi connectivity index (χ4n) is 1.72. The Kier molecular flexibility index (Phi) is 4.99. The Bertz CT molecular complexity index is 733. The van der Waals surface area contributed by atoms with E-state index in [0.717, 1.165) is 5.56 Å². The summed E-state index contributed by atoms with van der Waals surface area (Å²) >= 11 is 3.27. The summed E-state index contributed by atoms with van der Waals surface area (Å²) in [7, 11) is 0. The van der Waals surface area contributed by atoms with Crippen LogP contribution >= 0.6 is 15.9 Å². The van der Waals surface area contributed by atoms with E-state index in [2.05, 4.69) is 33.1 Å². The summed E-state index contributed by atoms with van der Waals surface area (Å²) in [5.74, 6) is 5.18. The van der Waals surface area contributed by atoms with Crippen LogP contribution in [-0.2, 0) is 0 Å². The molecule has 2 aromatic carbocycles. The van der Waals surface area contributed by atoms with Crippen LogP contribution in [0.1, 0.15) is 15.9 Å². The van der Waals surface area contributed by atoms with Gasteiger partial charge in [0.25, 0.3) is 5.91 Å². The summed E-state index contributed by atoms with van der Waals surface area (Å²) in [5, 5.41) is 12.5. The van der Waals surface area contributed by atoms with Gasteiger partial charge >= 0.3 is 0 Å². The molecule has 0 heterocycles. The van der Waals surface area contributed by atoms with E-state index < -0.39 is 5.91 Å². The number of phenols is 1. The minimum Gasteiger partial charge on any atom is -0.507 e. The highest BCUT2D eigenvalue weighted by Crippen LogP contribution is 2.23. The molecule has 0 saturated carbocycles. The van der Waals surface area contributed by atoms with Gasteiger partial charge in [-0.05, 0) is 36.4 Å². The maximum atomic E-state index is 12.2. The molecule has 0 bridgehead atoms. The predicted molar refractivity (Wildman–Crippen MR) is 86.1 cm³/mol. The Morgan fingerprint density at radius 1 is 1.29 bits per heavy atom. The summed E-state index contributed by atoms with van der Waals surface area (Å²) in [6.45, 7) is 0.280. The van der Waals surface area contributed by atoms with E-state index in [0.29, 0.717) is 10.2 Å². The van der Waals surface area contributed by atoms with E-state index in [-0.39, 0.29) is 17.9 Å². The van der Waals surface area contributed by atoms with E-state index in [1.807, 2.05) is 6.07 Å². The molecule has 106 valence electrons. The number of phenolic OH excluding ortho intramolecular Hbond substituents is 1. The molecule has 0 saturated heterocycles. The maximum absolute atomic E-state index is 12.2. The topological polar surface area (TPSA) is 75.3 Å². The summed E-state index contributed by atoms with van der Waals surface area (Å²) in [4.78, 5) is 12.2. The molecule has 21 heavy (non-hydrogen) atoms. The number of rotatable bonds is 2. The Labute approximate surface area is 131 Å². The average Bonchev–Trinajstić information content (AvgIpc) is 2.48. The molecule has 0 aliphatic rings. The zero-order chi connectivity index (χ0) is 15.2. The first-order valence-electron chi connectivity index (χ1n) is 6.19. The van der Waals surface area contributed by atoms with Gasteiger partial charge in [0.15, 0.2) is 0 Å². The smallest absolute Gasteiger partial charge is 0.259 e. The van der Waals surface area contributed by atoms with Crippen LogP contribution in [0.4, 0.5) is 5.69 Å². The lowest BCUT2D eigenvalue weighted by atomic mass is 10.1. The molecule has 0 aliphatic heterocycles. The number of hydrogen-bond acceptors (Lipinski definition) is 3. The molecule has 0 fully saturated rings. The summed E-state index contributed by atoms with van der Waals surface area (Å²) in [5.41, 5.74) is 6.88. The van der Waals surface area contributed by atoms with Crippen LogP contribution in [-0.4, -0.2) is 17.6 Å². The number of carbonyl (C=O) groups is 1. The van der Waals surface area contributed by atoms with Crippen molar-refractivity contribution in [2.45, 2.75) is 0 Å². The van der Waals surface area contributed by atoms with Crippen molar-refractivity contribution < 1.29 is 9.90 Å². The van der Waals surface area contributed by atoms with Gasteiger partial charge in [0.1, 0.15) is 5.75 Å². The van der Waals surface area contributed by atoms with Gasteiger partial charge in [-0.2, -0.15) is 0 Å². The highest BCUT2D eigenvalue weighted by molar-refractivity contribution is 9.10. The first-order valence-corrected chi connectivity index (χ1v) is 6.98. The monoisotopic (exact) mass is 344 g/mol. The van der Waals surface area contributed by atoms with Crippen molar-refractivity contribution in [1.82, 2.24) is 0 Å². The second-order valence-electron chi connectivity index (χ2n) is 4.20. The van der Waals surface area contributed by atoms with E-state index in [1.165, 1.54) is 6.07 Å². The highest BCUT2D eigenvalue weighted by atomic mass is 79.9. The molecule has 4 nitrogen and oxygen atoms in total. The second kappa shape index (κ2) is 6.93. The highest BCUT2D eigenvalue weighted by Gasteiger charge is 2.11. The van der Waals surface area contributed by atoms with Crippen molar-refractivity contribution in [3.8, 4) is 17.6 Å². The number of hydrogen-bond donors (Lipinski definition) is 3. The Morgan fingerprint density at radius 2 is 2.10 bits per heavy atom. The lowest BCUT2D eigenvalue weighted by molar-refractivity contribution is 0.102. The predicted octanol–water partition coefficient (Wildman–Crippen LogP) is 2.72. The minimum absolute atomic E-state index is 0.0743. The van der Waals surface area contributed by atoms with Crippen molar-refractivity contribution in [2.75, 3.05) is 11.9 Å². The van der Waals surface area contributed by atoms with Gasteiger partial charge in [-0.15, -0.1) is 0 Å². The molecule has 0 aliphatic carbocycles. The van der Waals surface area contributed by atoms with Gasteiger partial charge in [0, 0.05) is 15.7 Å². The molecule has 0 unspecified atom stereocenters. The van der Waals surface area contributed by atoms with Gasteiger partial charge in [-0.25, -0.2) is 0 Å². The molecule has 0 aromatic heterocycles. The van der Waals surface area contributed by atoms with E-state index in [9.17, 15) is 9.90 Å². The normalized spacial score (nSPS) is 9.62. The Morgan fingerprint density at radius 3 is 2.86 bits per heavy atom. The SMILES string of the molecule is NCC#Cc1cccc(NC(=O)c2cc(Br)ccc2O)c1. The van der Waals surface area contributed by atoms with Gasteiger partial charge in [0.2, 0.25) is 0 Å². The summed E-state index contributed by atoms with van der Waals surface area (Å²) < 4.78 is 0.716. The molecular formula is C16H13BrN2O2. The van der Waals surface area contributed by atoms with E-state index in [1.54, 1.807) is 30.3 Å². The van der Waals surface area contributed by atoms with Crippen molar-refractivity contribution in [3.63, 3.8) is 0 Å². The zero-order valence-corrected chi connectivity index (χ0v) is 12.6. The second-order valence-corrected chi connectivity index (χ2v) is 5.12. The Hall–Kier alpha value is -2.29. The van der Waals surface area contributed by atoms with Crippen LogP contribution in [0.15, 0.2) is 46.9 Å². The van der Waals surface area contributed by atoms with Gasteiger partial charge in [-0.1, -0.05) is 33.8 Å². The summed E-state index contributed by atoms with van der Waals surface area (Å²) in [6.07, 6.45) is 0. The number of halogens is 1. The first-order chi connectivity index (χ1) is 10.1. The lowest BCUT2D eigenvalue weighted by Gasteiger charge is -2.07. The number of aromatic hydroxyl groups is 1. The van der Waals surface area contributed by atoms with Gasteiger partial charge < -0.3 is 16.2 Å². The lowest BCUT2D eigenvalue weighted by Crippen LogP contribution is -2.12. The molecule has 2 rings (SSSR count). The molecule has 0 atom stereocenters. The van der Waals surface area contributed by atoms with Crippen molar-refractivity contribution in [3.05, 3.63) is 58.1 Å². The number of nitrogens with two attached hydrogens (primary N) is 1. The number of carbonyl (C=O) groups excluding carboxylic acids is 1. The standard InChI is InChI=1S/C16H13BrN2O2/c17-12-6-7-15(20)14(10-12)16(21)19-13-5-1-3-11(9-13)4-2-8-18/h1,3,5-7,9-10,20H,8,18H2,(H,19,21).